The second kappa shape index (κ2) is 9.36. The van der Waals surface area contributed by atoms with Crippen molar-refractivity contribution in [2.24, 2.45) is 10.9 Å². The molecule has 0 radical (unpaired) electrons. The normalized spacial score (nSPS) is 16.6. The molecule has 0 saturated carbocycles. The molecule has 1 aromatic carbocycles. The predicted molar refractivity (Wildman–Crippen MR) is 114 cm³/mol. The Hall–Kier alpha value is -2.77. The number of likely N-dealkylation sites (tertiary alicyclic amines) is 1. The molecule has 1 atom stereocenters. The number of amides is 1. The lowest BCUT2D eigenvalue weighted by Crippen LogP contribution is -2.51. The second-order valence-corrected chi connectivity index (χ2v) is 7.86. The van der Waals surface area contributed by atoms with Gasteiger partial charge in [-0.15, -0.1) is 0 Å². The van der Waals surface area contributed by atoms with Crippen LogP contribution in [0.1, 0.15) is 28.4 Å². The quantitative estimate of drug-likeness (QED) is 0.723. The van der Waals surface area contributed by atoms with E-state index in [1.807, 2.05) is 42.6 Å². The van der Waals surface area contributed by atoms with Gasteiger partial charge in [-0.25, -0.2) is 0 Å². The smallest absolute Gasteiger partial charge is 0.226 e. The zero-order valence-corrected chi connectivity index (χ0v) is 17.5. The summed E-state index contributed by atoms with van der Waals surface area (Å²) in [6, 6.07) is 11.7. The molecule has 158 valence electrons. The molecule has 7 heteroatoms. The van der Waals surface area contributed by atoms with Crippen LogP contribution < -0.4 is 5.32 Å². The van der Waals surface area contributed by atoms with Crippen molar-refractivity contribution >= 4 is 11.7 Å². The number of hydrogen-bond donors (Lipinski definition) is 1. The first kappa shape index (κ1) is 20.5. The Morgan fingerprint density at radius 2 is 2.03 bits per heavy atom. The van der Waals surface area contributed by atoms with E-state index in [2.05, 4.69) is 15.2 Å². The molecule has 1 amide bonds. The molecule has 0 spiro atoms. The zero-order chi connectivity index (χ0) is 20.9. The highest BCUT2D eigenvalue weighted by Crippen LogP contribution is 2.26. The third-order valence-electron chi connectivity index (χ3n) is 5.56. The maximum Gasteiger partial charge on any atom is 0.226 e. The number of benzene rings is 1. The van der Waals surface area contributed by atoms with E-state index in [0.717, 1.165) is 47.9 Å². The van der Waals surface area contributed by atoms with Crippen LogP contribution in [0.3, 0.4) is 0 Å². The number of fused-ring (bicyclic) bond motifs is 1. The molecule has 2 aromatic rings. The molecule has 7 nitrogen and oxygen atoms in total. The van der Waals surface area contributed by atoms with Gasteiger partial charge in [0, 0.05) is 45.0 Å². The third kappa shape index (κ3) is 4.52. The average molecular weight is 409 g/mol. The van der Waals surface area contributed by atoms with Gasteiger partial charge in [0.1, 0.15) is 5.84 Å². The molecular formula is C23H28N4O3. The summed E-state index contributed by atoms with van der Waals surface area (Å²) in [4.78, 5) is 24.2. The zero-order valence-electron chi connectivity index (χ0n) is 17.5. The largest absolute Gasteiger partial charge is 0.384 e. The van der Waals surface area contributed by atoms with Crippen molar-refractivity contribution in [1.82, 2.24) is 15.2 Å². The SMILES string of the molecule is COCC1CN(C2=NCc3cc(CC(=O)N[C@H](COC)c4ccccc4)ncc32)C1. The molecule has 0 bridgehead atoms. The van der Waals surface area contributed by atoms with Crippen LogP contribution in [0.4, 0.5) is 0 Å². The number of ether oxygens (including phenoxy) is 2. The maximum absolute atomic E-state index is 12.6. The number of carbonyl (C=O) groups excluding carboxylic acids is 1. The average Bonchev–Trinajstić information content (AvgIpc) is 3.13. The number of carbonyl (C=O) groups is 1. The maximum atomic E-state index is 12.6. The standard InChI is InChI=1S/C23H28N4O3/c1-29-14-16-12-27(13-16)23-20-11-24-19(8-18(20)10-25-23)9-22(28)26-21(15-30-2)17-6-4-3-5-7-17/h3-8,11,16,21H,9-10,12-15H2,1-2H3,(H,26,28)/t21-/m1/s1. The Balaban J connectivity index is 1.36. The van der Waals surface area contributed by atoms with E-state index in [1.54, 1.807) is 14.2 Å². The van der Waals surface area contributed by atoms with Crippen LogP contribution in [0.25, 0.3) is 0 Å². The number of amidine groups is 1. The molecule has 1 N–H and O–H groups in total. The van der Waals surface area contributed by atoms with E-state index in [0.29, 0.717) is 19.1 Å². The molecule has 1 fully saturated rings. The van der Waals surface area contributed by atoms with E-state index >= 15 is 0 Å². The lowest BCUT2D eigenvalue weighted by Gasteiger charge is -2.40. The highest BCUT2D eigenvalue weighted by molar-refractivity contribution is 6.02. The number of aromatic nitrogens is 1. The second-order valence-electron chi connectivity index (χ2n) is 7.86. The highest BCUT2D eigenvalue weighted by Gasteiger charge is 2.32. The fourth-order valence-corrected chi connectivity index (χ4v) is 4.06. The fraction of sp³-hybridized carbons (Fsp3) is 0.435. The third-order valence-corrected chi connectivity index (χ3v) is 5.56. The summed E-state index contributed by atoms with van der Waals surface area (Å²) in [5.74, 6) is 1.52. The Morgan fingerprint density at radius 3 is 2.77 bits per heavy atom. The van der Waals surface area contributed by atoms with Crippen LogP contribution >= 0.6 is 0 Å². The van der Waals surface area contributed by atoms with E-state index in [9.17, 15) is 4.79 Å². The lowest BCUT2D eigenvalue weighted by atomic mass is 9.99. The van der Waals surface area contributed by atoms with Gasteiger partial charge in [-0.05, 0) is 17.2 Å². The number of rotatable bonds is 8. The fourth-order valence-electron chi connectivity index (χ4n) is 4.06. The van der Waals surface area contributed by atoms with Crippen LogP contribution in [0.5, 0.6) is 0 Å². The first-order valence-corrected chi connectivity index (χ1v) is 10.3. The monoisotopic (exact) mass is 408 g/mol. The minimum atomic E-state index is -0.181. The Bertz CT molecular complexity index is 910. The molecule has 1 aromatic heterocycles. The molecule has 2 aliphatic heterocycles. The van der Waals surface area contributed by atoms with Gasteiger partial charge in [-0.2, -0.15) is 0 Å². The first-order chi connectivity index (χ1) is 14.7. The van der Waals surface area contributed by atoms with Crippen LogP contribution in [0.2, 0.25) is 0 Å². The molecule has 0 aliphatic carbocycles. The number of pyridine rings is 1. The summed E-state index contributed by atoms with van der Waals surface area (Å²) in [5.41, 5.74) is 3.99. The van der Waals surface area contributed by atoms with Crippen LogP contribution in [-0.4, -0.2) is 62.1 Å². The van der Waals surface area contributed by atoms with Gasteiger partial charge in [0.25, 0.3) is 0 Å². The van der Waals surface area contributed by atoms with E-state index in [4.69, 9.17) is 14.5 Å². The topological polar surface area (TPSA) is 76.0 Å². The number of aliphatic imine (C=N–C) groups is 1. The van der Waals surface area contributed by atoms with Crippen molar-refractivity contribution < 1.29 is 14.3 Å². The van der Waals surface area contributed by atoms with Gasteiger partial charge >= 0.3 is 0 Å². The molecule has 1 saturated heterocycles. The lowest BCUT2D eigenvalue weighted by molar-refractivity contribution is -0.121. The van der Waals surface area contributed by atoms with Crippen LogP contribution in [0.15, 0.2) is 47.6 Å². The van der Waals surface area contributed by atoms with Gasteiger partial charge in [0.15, 0.2) is 0 Å². The summed E-state index contributed by atoms with van der Waals surface area (Å²) < 4.78 is 10.5. The Morgan fingerprint density at radius 1 is 1.23 bits per heavy atom. The minimum Gasteiger partial charge on any atom is -0.384 e. The highest BCUT2D eigenvalue weighted by atomic mass is 16.5. The van der Waals surface area contributed by atoms with Gasteiger partial charge in [0.2, 0.25) is 5.91 Å². The first-order valence-electron chi connectivity index (χ1n) is 10.3. The van der Waals surface area contributed by atoms with Gasteiger partial charge in [0.05, 0.1) is 37.9 Å². The molecule has 30 heavy (non-hydrogen) atoms. The summed E-state index contributed by atoms with van der Waals surface area (Å²) in [7, 11) is 3.38. The molecule has 2 aliphatic rings. The summed E-state index contributed by atoms with van der Waals surface area (Å²) in [6.07, 6.45) is 2.09. The number of nitrogens with zero attached hydrogens (tertiary/aromatic N) is 3. The predicted octanol–water partition coefficient (Wildman–Crippen LogP) is 1.97. The van der Waals surface area contributed by atoms with Crippen molar-refractivity contribution in [2.75, 3.05) is 40.5 Å². The van der Waals surface area contributed by atoms with E-state index < -0.39 is 0 Å². The molecular weight excluding hydrogens is 380 g/mol. The van der Waals surface area contributed by atoms with Crippen LogP contribution in [-0.2, 0) is 27.2 Å². The van der Waals surface area contributed by atoms with Crippen molar-refractivity contribution in [1.29, 1.82) is 0 Å². The molecule has 3 heterocycles. The number of hydrogen-bond acceptors (Lipinski definition) is 6. The van der Waals surface area contributed by atoms with E-state index in [1.165, 1.54) is 0 Å². The van der Waals surface area contributed by atoms with Crippen molar-refractivity contribution in [3.05, 3.63) is 65.0 Å². The summed E-state index contributed by atoms with van der Waals surface area (Å²) in [5, 5.41) is 3.06. The number of methoxy groups -OCH3 is 2. The van der Waals surface area contributed by atoms with Gasteiger partial charge in [-0.1, -0.05) is 30.3 Å². The summed E-state index contributed by atoms with van der Waals surface area (Å²) >= 11 is 0. The molecule has 0 unspecified atom stereocenters. The van der Waals surface area contributed by atoms with Crippen molar-refractivity contribution in [3.8, 4) is 0 Å². The van der Waals surface area contributed by atoms with Crippen molar-refractivity contribution in [2.45, 2.75) is 19.0 Å². The van der Waals surface area contributed by atoms with E-state index in [-0.39, 0.29) is 18.4 Å². The minimum absolute atomic E-state index is 0.0716. The molecule has 4 rings (SSSR count). The van der Waals surface area contributed by atoms with Gasteiger partial charge < -0.3 is 19.7 Å². The van der Waals surface area contributed by atoms with Gasteiger partial charge in [-0.3, -0.25) is 14.8 Å². The van der Waals surface area contributed by atoms with Crippen LogP contribution in [0, 0.1) is 5.92 Å². The Labute approximate surface area is 177 Å². The summed E-state index contributed by atoms with van der Waals surface area (Å²) in [6.45, 7) is 3.79. The Kier molecular flexibility index (Phi) is 6.40. The number of nitrogens with one attached hydrogen (secondary N) is 1. The van der Waals surface area contributed by atoms with Crippen molar-refractivity contribution in [3.63, 3.8) is 0 Å².